The molecule has 0 unspecified atom stereocenters. The van der Waals surface area contributed by atoms with Crippen LogP contribution in [0.15, 0.2) is 60.7 Å². The van der Waals surface area contributed by atoms with Gasteiger partial charge in [-0.1, -0.05) is 83.1 Å². The number of rotatable bonds is 10. The second-order valence-corrected chi connectivity index (χ2v) is 28.7. The van der Waals surface area contributed by atoms with Crippen LogP contribution in [0.5, 0.6) is 11.5 Å². The summed E-state index contributed by atoms with van der Waals surface area (Å²) in [6.07, 6.45) is 5.45. The van der Waals surface area contributed by atoms with Crippen molar-refractivity contribution in [2.45, 2.75) is 116 Å². The summed E-state index contributed by atoms with van der Waals surface area (Å²) in [6, 6.07) is 11.8. The van der Waals surface area contributed by atoms with Gasteiger partial charge in [0.25, 0.3) is 16.6 Å². The topological polar surface area (TPSA) is 91.7 Å². The van der Waals surface area contributed by atoms with Crippen molar-refractivity contribution in [2.24, 2.45) is 7.05 Å². The van der Waals surface area contributed by atoms with Crippen molar-refractivity contribution in [1.29, 1.82) is 0 Å². The lowest BCUT2D eigenvalue weighted by molar-refractivity contribution is 0.0995. The first-order valence-corrected chi connectivity index (χ1v) is 24.5. The standard InChI is InChI=1S/C47H55NO6Si2/c1-24(2)55(25(3)4,26(5)6)53-42-23-35-39(50)17-19-41(52)46(35)47-30(42)14-15-36-45(47)33-20-31-32(21-37(33)48(36)13)44-34(38(49)16-18-40(44)51)22-43(31)54-56(27(7)8,28(9)10)29(11)12/h14-29H,1-13H3. The van der Waals surface area contributed by atoms with Crippen LogP contribution in [0, 0.1) is 0 Å². The van der Waals surface area contributed by atoms with E-state index in [1.807, 2.05) is 25.2 Å². The molecule has 0 bridgehead atoms. The Bertz CT molecular complexity index is 2560. The van der Waals surface area contributed by atoms with E-state index in [2.05, 4.69) is 99.8 Å². The van der Waals surface area contributed by atoms with Crippen LogP contribution in [-0.4, -0.2) is 44.3 Å². The molecule has 0 N–H and O–H groups in total. The maximum Gasteiger partial charge on any atom is 0.258 e. The Labute approximate surface area is 332 Å². The van der Waals surface area contributed by atoms with Gasteiger partial charge in [0, 0.05) is 67.3 Å². The second-order valence-electron chi connectivity index (χ2n) is 17.9. The molecule has 7 rings (SSSR count). The van der Waals surface area contributed by atoms with Gasteiger partial charge < -0.3 is 13.4 Å². The molecule has 0 atom stereocenters. The molecule has 1 heterocycles. The molecule has 7 nitrogen and oxygen atoms in total. The quantitative estimate of drug-likeness (QED) is 0.131. The second kappa shape index (κ2) is 13.8. The number of carbonyl (C=O) groups is 4. The molecule has 5 aromatic rings. The summed E-state index contributed by atoms with van der Waals surface area (Å²) in [7, 11) is -3.07. The largest absolute Gasteiger partial charge is 0.542 e. The van der Waals surface area contributed by atoms with Gasteiger partial charge in [-0.25, -0.2) is 0 Å². The van der Waals surface area contributed by atoms with Crippen molar-refractivity contribution < 1.29 is 28.0 Å². The number of carbonyl (C=O) groups excluding carboxylic acids is 4. The first kappa shape index (κ1) is 39.6. The molecule has 2 aliphatic carbocycles. The number of aromatic nitrogens is 1. The predicted octanol–water partition coefficient (Wildman–Crippen LogP) is 12.6. The van der Waals surface area contributed by atoms with Crippen molar-refractivity contribution in [3.05, 3.63) is 83.0 Å². The van der Waals surface area contributed by atoms with Crippen molar-refractivity contribution in [1.82, 2.24) is 4.57 Å². The summed E-state index contributed by atoms with van der Waals surface area (Å²) in [6.45, 7) is 26.8. The van der Waals surface area contributed by atoms with Crippen LogP contribution in [-0.2, 0) is 7.05 Å². The molecule has 0 spiro atoms. The smallest absolute Gasteiger partial charge is 0.258 e. The minimum Gasteiger partial charge on any atom is -0.542 e. The molecule has 0 saturated carbocycles. The molecule has 56 heavy (non-hydrogen) atoms. The van der Waals surface area contributed by atoms with Crippen molar-refractivity contribution in [2.75, 3.05) is 0 Å². The zero-order valence-electron chi connectivity index (χ0n) is 35.1. The number of aryl methyl sites for hydroxylation is 1. The van der Waals surface area contributed by atoms with Gasteiger partial charge in [0.2, 0.25) is 0 Å². The predicted molar refractivity (Wildman–Crippen MR) is 234 cm³/mol. The molecule has 1 aromatic heterocycles. The van der Waals surface area contributed by atoms with E-state index in [1.165, 1.54) is 24.3 Å². The highest BCUT2D eigenvalue weighted by Gasteiger charge is 2.49. The van der Waals surface area contributed by atoms with Crippen LogP contribution >= 0.6 is 0 Å². The van der Waals surface area contributed by atoms with Crippen molar-refractivity contribution >= 4 is 83.1 Å². The first-order chi connectivity index (χ1) is 26.3. The van der Waals surface area contributed by atoms with Gasteiger partial charge >= 0.3 is 0 Å². The molecule has 0 saturated heterocycles. The Morgan fingerprint density at radius 1 is 0.446 bits per heavy atom. The molecule has 0 aliphatic heterocycles. The molecular formula is C47H55NO6Si2. The minimum absolute atomic E-state index is 0.223. The van der Waals surface area contributed by atoms with Crippen molar-refractivity contribution in [3.8, 4) is 11.5 Å². The molecular weight excluding hydrogens is 731 g/mol. The fourth-order valence-electron chi connectivity index (χ4n) is 10.9. The highest BCUT2D eigenvalue weighted by atomic mass is 28.4. The highest BCUT2D eigenvalue weighted by molar-refractivity contribution is 6.79. The maximum absolute atomic E-state index is 14.0. The molecule has 4 aromatic carbocycles. The van der Waals surface area contributed by atoms with Crippen LogP contribution < -0.4 is 8.85 Å². The maximum atomic E-state index is 14.0. The van der Waals surface area contributed by atoms with Gasteiger partial charge in [0.15, 0.2) is 23.1 Å². The SMILES string of the molecule is CC(C)[Si](Oc1cc2c(c3cc4c(cc13)c1c3c5c(cc(O[Si](C(C)C)(C(C)C)C(C)C)c3ccc1n4C)C(=O)C=CC5=O)C(=O)C=CC2=O)(C(C)C)C(C)C. The zero-order valence-corrected chi connectivity index (χ0v) is 37.1. The zero-order chi connectivity index (χ0) is 40.9. The van der Waals surface area contributed by atoms with E-state index in [0.717, 1.165) is 32.6 Å². The van der Waals surface area contributed by atoms with Gasteiger partial charge in [-0.05, 0) is 99.3 Å². The molecule has 2 aliphatic rings. The molecule has 292 valence electrons. The van der Waals surface area contributed by atoms with Crippen LogP contribution in [0.2, 0.25) is 33.2 Å². The number of nitrogens with zero attached hydrogens (tertiary/aromatic N) is 1. The molecule has 9 heteroatoms. The van der Waals surface area contributed by atoms with E-state index in [4.69, 9.17) is 8.85 Å². The fourth-order valence-corrected chi connectivity index (χ4v) is 21.4. The Morgan fingerprint density at radius 2 is 0.875 bits per heavy atom. The molecule has 0 fully saturated rings. The van der Waals surface area contributed by atoms with Gasteiger partial charge in [-0.15, -0.1) is 0 Å². The number of hydrogen-bond donors (Lipinski definition) is 0. The number of hydrogen-bond acceptors (Lipinski definition) is 6. The van der Waals surface area contributed by atoms with Crippen LogP contribution in [0.1, 0.15) is 125 Å². The highest BCUT2D eigenvalue weighted by Crippen LogP contribution is 2.50. The minimum atomic E-state index is -2.55. The van der Waals surface area contributed by atoms with Crippen LogP contribution in [0.25, 0.3) is 43.4 Å². The third-order valence-electron chi connectivity index (χ3n) is 13.2. The first-order valence-electron chi connectivity index (χ1n) is 20.2. The number of allylic oxidation sites excluding steroid dienone is 4. The van der Waals surface area contributed by atoms with Crippen LogP contribution in [0.3, 0.4) is 0 Å². The summed E-state index contributed by atoms with van der Waals surface area (Å²) in [5.74, 6) is 0.333. The van der Waals surface area contributed by atoms with E-state index in [0.29, 0.717) is 44.5 Å². The average molecular weight is 786 g/mol. The lowest BCUT2D eigenvalue weighted by atomic mass is 9.86. The lowest BCUT2D eigenvalue weighted by Crippen LogP contribution is -2.50. The van der Waals surface area contributed by atoms with E-state index in [-0.39, 0.29) is 56.4 Å². The van der Waals surface area contributed by atoms with E-state index >= 15 is 0 Å². The third-order valence-corrected chi connectivity index (χ3v) is 25.2. The average Bonchev–Trinajstić information content (AvgIpc) is 3.40. The van der Waals surface area contributed by atoms with Gasteiger partial charge in [-0.2, -0.15) is 0 Å². The summed E-state index contributed by atoms with van der Waals surface area (Å²) in [4.78, 5) is 55.0. The Balaban J connectivity index is 1.66. The third kappa shape index (κ3) is 5.55. The fraction of sp³-hybridized carbons (Fsp3) is 0.404. The molecule has 0 amide bonds. The monoisotopic (exact) mass is 785 g/mol. The summed E-state index contributed by atoms with van der Waals surface area (Å²) >= 11 is 0. The van der Waals surface area contributed by atoms with Gasteiger partial charge in [0.1, 0.15) is 11.5 Å². The van der Waals surface area contributed by atoms with Crippen molar-refractivity contribution in [3.63, 3.8) is 0 Å². The normalized spacial score (nSPS) is 15.1. The Morgan fingerprint density at radius 3 is 1.36 bits per heavy atom. The number of fused-ring (bicyclic) bond motifs is 10. The summed E-state index contributed by atoms with van der Waals surface area (Å²) in [5, 5.41) is 4.56. The van der Waals surface area contributed by atoms with E-state index in [9.17, 15) is 19.2 Å². The molecule has 0 radical (unpaired) electrons. The van der Waals surface area contributed by atoms with Gasteiger partial charge in [-0.3, -0.25) is 19.2 Å². The summed E-state index contributed by atoms with van der Waals surface area (Å²) in [5.41, 5.74) is 4.77. The Kier molecular flexibility index (Phi) is 9.76. The van der Waals surface area contributed by atoms with Crippen LogP contribution in [0.4, 0.5) is 0 Å². The number of benzene rings is 4. The van der Waals surface area contributed by atoms with E-state index < -0.39 is 16.6 Å². The lowest BCUT2D eigenvalue weighted by Gasteiger charge is -2.42. The number of ketones is 4. The van der Waals surface area contributed by atoms with Gasteiger partial charge in [0.05, 0.1) is 0 Å². The Hall–Kier alpha value is -4.61. The summed E-state index contributed by atoms with van der Waals surface area (Å²) < 4.78 is 16.8. The van der Waals surface area contributed by atoms with E-state index in [1.54, 1.807) is 6.07 Å².